The number of halogens is 1. The Kier molecular flexibility index (Phi) is 4.03. The Morgan fingerprint density at radius 2 is 2.29 bits per heavy atom. The summed E-state index contributed by atoms with van der Waals surface area (Å²) >= 11 is 7.07. The summed E-state index contributed by atoms with van der Waals surface area (Å²) < 4.78 is 3.76. The van der Waals surface area contributed by atoms with E-state index < -0.39 is 0 Å². The van der Waals surface area contributed by atoms with Crippen LogP contribution in [0, 0.1) is 0 Å². The molecule has 1 aromatic carbocycles. The highest BCUT2D eigenvalue weighted by Crippen LogP contribution is 2.37. The van der Waals surface area contributed by atoms with Gasteiger partial charge in [-0.25, -0.2) is 0 Å². The summed E-state index contributed by atoms with van der Waals surface area (Å²) in [5.74, 6) is -0.0893. The van der Waals surface area contributed by atoms with Crippen molar-refractivity contribution >= 4 is 29.0 Å². The highest BCUT2D eigenvalue weighted by atomic mass is 35.5. The average molecular weight is 320 g/mol. The van der Waals surface area contributed by atoms with Crippen molar-refractivity contribution in [3.63, 3.8) is 0 Å². The molecule has 6 heteroatoms. The van der Waals surface area contributed by atoms with E-state index in [1.165, 1.54) is 17.3 Å². The van der Waals surface area contributed by atoms with Crippen LogP contribution in [-0.2, 0) is 6.42 Å². The predicted octanol–water partition coefficient (Wildman–Crippen LogP) is 3.42. The number of aromatic nitrogens is 2. The van der Waals surface area contributed by atoms with Crippen LogP contribution in [0.15, 0.2) is 42.1 Å². The summed E-state index contributed by atoms with van der Waals surface area (Å²) in [6.07, 6.45) is 3.37. The van der Waals surface area contributed by atoms with Gasteiger partial charge in [0, 0.05) is 5.03 Å². The summed E-state index contributed by atoms with van der Waals surface area (Å²) in [7, 11) is 0. The molecule has 0 N–H and O–H groups in total. The second-order valence-corrected chi connectivity index (χ2v) is 6.31. The van der Waals surface area contributed by atoms with Gasteiger partial charge in [0.1, 0.15) is 4.88 Å². The van der Waals surface area contributed by atoms with Gasteiger partial charge in [0.25, 0.3) is 5.91 Å². The Hall–Kier alpha value is -1.72. The molecule has 2 aromatic rings. The third kappa shape index (κ3) is 2.84. The molecule has 1 amide bonds. The smallest absolute Gasteiger partial charge is 0.268 e. The molecule has 1 aromatic heterocycles. The molecule has 4 nitrogen and oxygen atoms in total. The van der Waals surface area contributed by atoms with E-state index in [2.05, 4.69) is 28.3 Å². The van der Waals surface area contributed by atoms with Gasteiger partial charge in [0.05, 0.1) is 18.8 Å². The van der Waals surface area contributed by atoms with E-state index in [4.69, 9.17) is 11.6 Å². The second kappa shape index (κ2) is 5.95. The minimum absolute atomic E-state index is 0.0336. The van der Waals surface area contributed by atoms with E-state index in [9.17, 15) is 4.79 Å². The molecule has 1 aliphatic rings. The molecule has 108 valence electrons. The zero-order valence-corrected chi connectivity index (χ0v) is 12.9. The third-order valence-electron chi connectivity index (χ3n) is 3.65. The number of amides is 1. The van der Waals surface area contributed by atoms with Crippen LogP contribution in [0.5, 0.6) is 0 Å². The van der Waals surface area contributed by atoms with E-state index in [-0.39, 0.29) is 11.9 Å². The lowest BCUT2D eigenvalue weighted by molar-refractivity contribution is 0.0704. The minimum atomic E-state index is -0.0893. The van der Waals surface area contributed by atoms with E-state index in [0.717, 1.165) is 24.4 Å². The topological polar surface area (TPSA) is 46.1 Å². The minimum Gasteiger partial charge on any atom is -0.326 e. The molecule has 0 saturated carbocycles. The van der Waals surface area contributed by atoms with Gasteiger partial charge >= 0.3 is 0 Å². The molecule has 0 fully saturated rings. The zero-order valence-electron chi connectivity index (χ0n) is 11.3. The molecule has 0 radical (unpaired) electrons. The number of hydrogen-bond acceptors (Lipinski definition) is 4. The average Bonchev–Trinajstić information content (AvgIpc) is 3.13. The van der Waals surface area contributed by atoms with Gasteiger partial charge in [-0.3, -0.25) is 4.79 Å². The van der Waals surface area contributed by atoms with Crippen LogP contribution in [0.1, 0.15) is 33.3 Å². The number of carbonyl (C=O) groups excluding carboxylic acids is 1. The Morgan fingerprint density at radius 1 is 1.48 bits per heavy atom. The van der Waals surface area contributed by atoms with Crippen LogP contribution in [-0.4, -0.2) is 26.9 Å². The fraction of sp³-hybridized carbons (Fsp3) is 0.267. The number of nitrogens with zero attached hydrogens (tertiary/aromatic N) is 3. The molecule has 1 unspecified atom stereocenters. The van der Waals surface area contributed by atoms with Crippen molar-refractivity contribution in [1.29, 1.82) is 0 Å². The molecular weight excluding hydrogens is 306 g/mol. The molecule has 0 bridgehead atoms. The van der Waals surface area contributed by atoms with E-state index in [0.29, 0.717) is 16.5 Å². The van der Waals surface area contributed by atoms with Crippen molar-refractivity contribution in [2.45, 2.75) is 18.9 Å². The molecular formula is C15H14ClN3OS. The highest BCUT2D eigenvalue weighted by Gasteiger charge is 2.32. The summed E-state index contributed by atoms with van der Waals surface area (Å²) in [5.41, 5.74) is 2.49. The van der Waals surface area contributed by atoms with Crippen LogP contribution in [0.3, 0.4) is 0 Å². The van der Waals surface area contributed by atoms with Crippen LogP contribution < -0.4 is 0 Å². The van der Waals surface area contributed by atoms with Gasteiger partial charge < -0.3 is 4.90 Å². The first-order valence-electron chi connectivity index (χ1n) is 6.66. The van der Waals surface area contributed by atoms with Gasteiger partial charge in [-0.2, -0.15) is 0 Å². The summed E-state index contributed by atoms with van der Waals surface area (Å²) in [5, 5.41) is 4.19. The van der Waals surface area contributed by atoms with Crippen molar-refractivity contribution in [2.24, 2.45) is 0 Å². The molecule has 1 aliphatic carbocycles. The van der Waals surface area contributed by atoms with Crippen LogP contribution in [0.4, 0.5) is 0 Å². The van der Waals surface area contributed by atoms with Crippen LogP contribution in [0.2, 0.25) is 0 Å². The Balaban J connectivity index is 1.94. The summed E-state index contributed by atoms with van der Waals surface area (Å²) in [6, 6.07) is 8.26. The first-order valence-corrected chi connectivity index (χ1v) is 7.81. The fourth-order valence-corrected chi connectivity index (χ4v) is 3.37. The maximum absolute atomic E-state index is 12.7. The maximum atomic E-state index is 12.7. The Bertz CT molecular complexity index is 671. The van der Waals surface area contributed by atoms with Gasteiger partial charge in [-0.15, -0.1) is 5.10 Å². The van der Waals surface area contributed by atoms with E-state index >= 15 is 0 Å². The molecule has 1 atom stereocenters. The zero-order chi connectivity index (χ0) is 14.8. The van der Waals surface area contributed by atoms with Crippen LogP contribution in [0.25, 0.3) is 0 Å². The second-order valence-electron chi connectivity index (χ2n) is 4.99. The van der Waals surface area contributed by atoms with Gasteiger partial charge in [0.2, 0.25) is 0 Å². The van der Waals surface area contributed by atoms with E-state index in [1.807, 2.05) is 12.1 Å². The monoisotopic (exact) mass is 319 g/mol. The summed E-state index contributed by atoms with van der Waals surface area (Å²) in [4.78, 5) is 15.0. The molecule has 0 saturated heterocycles. The van der Waals surface area contributed by atoms with Gasteiger partial charge in [-0.05, 0) is 35.5 Å². The van der Waals surface area contributed by atoms with Gasteiger partial charge in [-0.1, -0.05) is 46.9 Å². The molecule has 3 rings (SSSR count). The summed E-state index contributed by atoms with van der Waals surface area (Å²) in [6.45, 7) is 4.06. The van der Waals surface area contributed by atoms with Crippen molar-refractivity contribution in [1.82, 2.24) is 14.5 Å². The SMILES string of the molecule is C=C(Cl)CN(C(=O)c1cnns1)C1CCc2ccccc21. The number of aryl methyl sites for hydroxylation is 1. The normalized spacial score (nSPS) is 16.5. The predicted molar refractivity (Wildman–Crippen MR) is 83.4 cm³/mol. The Labute approximate surface area is 132 Å². The molecule has 21 heavy (non-hydrogen) atoms. The van der Waals surface area contributed by atoms with Crippen molar-refractivity contribution in [2.75, 3.05) is 6.54 Å². The lowest BCUT2D eigenvalue weighted by Crippen LogP contribution is -2.34. The van der Waals surface area contributed by atoms with Crippen molar-refractivity contribution < 1.29 is 4.79 Å². The molecule has 0 spiro atoms. The maximum Gasteiger partial charge on any atom is 0.268 e. The number of hydrogen-bond donors (Lipinski definition) is 0. The van der Waals surface area contributed by atoms with Crippen LogP contribution >= 0.6 is 23.1 Å². The lowest BCUT2D eigenvalue weighted by atomic mass is 10.1. The lowest BCUT2D eigenvalue weighted by Gasteiger charge is -2.29. The third-order valence-corrected chi connectivity index (χ3v) is 4.42. The quantitative estimate of drug-likeness (QED) is 0.867. The first kappa shape index (κ1) is 14.2. The van der Waals surface area contributed by atoms with Crippen molar-refractivity contribution in [3.8, 4) is 0 Å². The van der Waals surface area contributed by atoms with E-state index in [1.54, 1.807) is 4.90 Å². The number of fused-ring (bicyclic) bond motifs is 1. The van der Waals surface area contributed by atoms with Crippen molar-refractivity contribution in [3.05, 3.63) is 58.1 Å². The standard InChI is InChI=1S/C15H14ClN3OS/c1-10(16)9-19(15(20)14-8-17-18-21-14)13-7-6-11-4-2-3-5-12(11)13/h2-5,8,13H,1,6-7,9H2. The number of carbonyl (C=O) groups is 1. The Morgan fingerprint density at radius 3 is 3.00 bits per heavy atom. The van der Waals surface area contributed by atoms with Gasteiger partial charge in [0.15, 0.2) is 0 Å². The highest BCUT2D eigenvalue weighted by molar-refractivity contribution is 7.07. The first-order chi connectivity index (χ1) is 10.2. The number of rotatable bonds is 4. The molecule has 0 aliphatic heterocycles. The largest absolute Gasteiger partial charge is 0.326 e. The number of benzene rings is 1. The fourth-order valence-electron chi connectivity index (χ4n) is 2.77. The molecule has 1 heterocycles.